The van der Waals surface area contributed by atoms with Gasteiger partial charge in [-0.15, -0.1) is 10.2 Å². The van der Waals surface area contributed by atoms with E-state index in [0.717, 1.165) is 33.6 Å². The first-order valence-corrected chi connectivity index (χ1v) is 13.6. The lowest BCUT2D eigenvalue weighted by Crippen LogP contribution is -2.18. The Balaban J connectivity index is 1.29. The van der Waals surface area contributed by atoms with Crippen molar-refractivity contribution in [2.45, 2.75) is 17.8 Å². The number of nitro groups is 1. The van der Waals surface area contributed by atoms with Crippen LogP contribution in [0.1, 0.15) is 0 Å². The molecule has 0 radical (unpaired) electrons. The molecule has 6 rings (SSSR count). The number of nitro benzene ring substituents is 1. The summed E-state index contributed by atoms with van der Waals surface area (Å²) in [6, 6.07) is 24.2. The molecule has 1 unspecified atom stereocenters. The van der Waals surface area contributed by atoms with Crippen molar-refractivity contribution in [2.24, 2.45) is 0 Å². The van der Waals surface area contributed by atoms with Gasteiger partial charge in [0.15, 0.2) is 0 Å². The van der Waals surface area contributed by atoms with Gasteiger partial charge in [-0.2, -0.15) is 0 Å². The molecule has 8 nitrogen and oxygen atoms in total. The molecule has 2 heterocycles. The van der Waals surface area contributed by atoms with Gasteiger partial charge in [-0.25, -0.2) is 13.8 Å². The van der Waals surface area contributed by atoms with E-state index in [4.69, 9.17) is 0 Å². The van der Waals surface area contributed by atoms with Crippen LogP contribution in [0, 0.1) is 21.7 Å². The molecule has 6 aromatic rings. The SMILES string of the molecule is O=[N+]([O-])c1ccc2c(c1)c1ccccc1n2CC(O)CSc1nnc(-c2ccccc2F)c(-c2ccccc2F)n1. The maximum Gasteiger partial charge on any atom is 0.270 e. The van der Waals surface area contributed by atoms with E-state index in [2.05, 4.69) is 15.2 Å². The Morgan fingerprint density at radius 2 is 1.46 bits per heavy atom. The van der Waals surface area contributed by atoms with Gasteiger partial charge in [0.25, 0.3) is 5.69 Å². The summed E-state index contributed by atoms with van der Waals surface area (Å²) in [6.45, 7) is 0.204. The molecule has 1 N–H and O–H groups in total. The molecule has 0 spiro atoms. The number of thioether (sulfide) groups is 1. The highest BCUT2D eigenvalue weighted by molar-refractivity contribution is 7.99. The van der Waals surface area contributed by atoms with Crippen molar-refractivity contribution in [1.82, 2.24) is 19.7 Å². The molecule has 4 aromatic carbocycles. The van der Waals surface area contributed by atoms with E-state index in [0.29, 0.717) is 0 Å². The number of aliphatic hydroxyl groups excluding tert-OH is 1. The number of aromatic nitrogens is 4. The molecule has 1 atom stereocenters. The standard InChI is InChI=1S/C30H21F2N5O3S/c31-24-10-4-1-8-21(24)28-29(22-9-2-5-11-25(22)32)34-35-30(33-28)41-17-19(38)16-36-26-12-6-3-7-20(26)23-15-18(37(39)40)13-14-27(23)36/h1-15,19,38H,16-17H2. The maximum atomic E-state index is 14.8. The van der Waals surface area contributed by atoms with Gasteiger partial charge in [-0.1, -0.05) is 54.2 Å². The van der Waals surface area contributed by atoms with Gasteiger partial charge in [0.2, 0.25) is 5.16 Å². The average Bonchev–Trinajstić information content (AvgIpc) is 3.29. The van der Waals surface area contributed by atoms with Crippen LogP contribution in [0.3, 0.4) is 0 Å². The molecule has 204 valence electrons. The second-order valence-corrected chi connectivity index (χ2v) is 10.3. The van der Waals surface area contributed by atoms with Crippen LogP contribution in [-0.4, -0.2) is 41.6 Å². The number of rotatable bonds is 8. The topological polar surface area (TPSA) is 107 Å². The minimum absolute atomic E-state index is 0.00866. The van der Waals surface area contributed by atoms with Gasteiger partial charge in [0.05, 0.1) is 17.6 Å². The number of aliphatic hydroxyl groups is 1. The lowest BCUT2D eigenvalue weighted by atomic mass is 10.0. The molecule has 0 bridgehead atoms. The Morgan fingerprint density at radius 3 is 2.17 bits per heavy atom. The molecule has 0 aliphatic rings. The molecule has 0 aliphatic carbocycles. The summed E-state index contributed by atoms with van der Waals surface area (Å²) in [7, 11) is 0. The summed E-state index contributed by atoms with van der Waals surface area (Å²) in [5.41, 5.74) is 2.14. The van der Waals surface area contributed by atoms with Crippen molar-refractivity contribution in [1.29, 1.82) is 0 Å². The summed E-state index contributed by atoms with van der Waals surface area (Å²) in [5.74, 6) is -0.889. The first kappa shape index (κ1) is 26.5. The predicted molar refractivity (Wildman–Crippen MR) is 153 cm³/mol. The Morgan fingerprint density at radius 1 is 0.829 bits per heavy atom. The number of nitrogens with zero attached hydrogens (tertiary/aromatic N) is 5. The third-order valence-corrected chi connectivity index (χ3v) is 7.67. The quantitative estimate of drug-likeness (QED) is 0.124. The highest BCUT2D eigenvalue weighted by Crippen LogP contribution is 2.34. The highest BCUT2D eigenvalue weighted by atomic mass is 32.2. The zero-order chi connectivity index (χ0) is 28.5. The number of hydrogen-bond donors (Lipinski definition) is 1. The number of para-hydroxylation sites is 1. The van der Waals surface area contributed by atoms with Crippen molar-refractivity contribution >= 4 is 39.3 Å². The lowest BCUT2D eigenvalue weighted by molar-refractivity contribution is -0.384. The predicted octanol–water partition coefficient (Wildman–Crippen LogP) is 6.65. The first-order valence-electron chi connectivity index (χ1n) is 12.6. The van der Waals surface area contributed by atoms with Crippen LogP contribution in [0.25, 0.3) is 44.3 Å². The minimum atomic E-state index is -0.860. The number of fused-ring (bicyclic) bond motifs is 3. The van der Waals surface area contributed by atoms with Gasteiger partial charge in [-0.3, -0.25) is 10.1 Å². The van der Waals surface area contributed by atoms with Crippen molar-refractivity contribution in [2.75, 3.05) is 5.75 Å². The summed E-state index contributed by atoms with van der Waals surface area (Å²) in [6.07, 6.45) is -0.860. The van der Waals surface area contributed by atoms with Crippen molar-refractivity contribution in [3.05, 3.63) is 113 Å². The van der Waals surface area contributed by atoms with E-state index in [9.17, 15) is 24.0 Å². The van der Waals surface area contributed by atoms with Crippen LogP contribution in [0.2, 0.25) is 0 Å². The van der Waals surface area contributed by atoms with Gasteiger partial charge in [0, 0.05) is 50.8 Å². The Kier molecular flexibility index (Phi) is 7.12. The van der Waals surface area contributed by atoms with E-state index in [-0.39, 0.29) is 45.7 Å². The van der Waals surface area contributed by atoms with E-state index in [1.165, 1.54) is 30.3 Å². The van der Waals surface area contributed by atoms with Crippen molar-refractivity contribution < 1.29 is 18.8 Å². The molecule has 0 saturated carbocycles. The van der Waals surface area contributed by atoms with Crippen molar-refractivity contribution in [3.63, 3.8) is 0 Å². The number of benzene rings is 4. The minimum Gasteiger partial charge on any atom is -0.390 e. The van der Waals surface area contributed by atoms with Gasteiger partial charge < -0.3 is 9.67 Å². The summed E-state index contributed by atoms with van der Waals surface area (Å²) < 4.78 is 31.3. The zero-order valence-corrected chi connectivity index (χ0v) is 22.1. The van der Waals surface area contributed by atoms with Gasteiger partial charge in [-0.05, 0) is 36.4 Å². The van der Waals surface area contributed by atoms with Crippen LogP contribution >= 0.6 is 11.8 Å². The average molecular weight is 570 g/mol. The molecular weight excluding hydrogens is 548 g/mol. The second-order valence-electron chi connectivity index (χ2n) is 9.30. The maximum absolute atomic E-state index is 14.8. The highest BCUT2D eigenvalue weighted by Gasteiger charge is 2.21. The van der Waals surface area contributed by atoms with Gasteiger partial charge >= 0.3 is 0 Å². The fraction of sp³-hybridized carbons (Fsp3) is 0.100. The lowest BCUT2D eigenvalue weighted by Gasteiger charge is -2.14. The van der Waals surface area contributed by atoms with E-state index >= 15 is 0 Å². The van der Waals surface area contributed by atoms with Crippen LogP contribution in [0.4, 0.5) is 14.5 Å². The molecule has 41 heavy (non-hydrogen) atoms. The Labute approximate surface area is 236 Å². The fourth-order valence-electron chi connectivity index (χ4n) is 4.83. The number of non-ortho nitro benzene ring substituents is 1. The fourth-order valence-corrected chi connectivity index (χ4v) is 5.54. The van der Waals surface area contributed by atoms with Crippen LogP contribution in [0.15, 0.2) is 96.2 Å². The Hall–Kier alpha value is -4.74. The van der Waals surface area contributed by atoms with Crippen LogP contribution in [0.5, 0.6) is 0 Å². The van der Waals surface area contributed by atoms with Crippen molar-refractivity contribution in [3.8, 4) is 22.5 Å². The summed E-state index contributed by atoms with van der Waals surface area (Å²) >= 11 is 1.14. The largest absolute Gasteiger partial charge is 0.390 e. The third kappa shape index (κ3) is 5.12. The smallest absolute Gasteiger partial charge is 0.270 e. The molecule has 0 fully saturated rings. The molecule has 11 heteroatoms. The molecule has 0 amide bonds. The molecule has 0 saturated heterocycles. The van der Waals surface area contributed by atoms with Crippen LogP contribution < -0.4 is 0 Å². The Bertz CT molecular complexity index is 1930. The molecule has 2 aromatic heterocycles. The normalized spacial score (nSPS) is 12.2. The monoisotopic (exact) mass is 569 g/mol. The van der Waals surface area contributed by atoms with E-state index in [1.807, 2.05) is 28.8 Å². The van der Waals surface area contributed by atoms with Crippen LogP contribution in [-0.2, 0) is 6.54 Å². The third-order valence-electron chi connectivity index (χ3n) is 6.69. The zero-order valence-electron chi connectivity index (χ0n) is 21.3. The number of halogens is 2. The molecule has 0 aliphatic heterocycles. The van der Waals surface area contributed by atoms with E-state index in [1.54, 1.807) is 36.4 Å². The van der Waals surface area contributed by atoms with Gasteiger partial charge in [0.1, 0.15) is 23.0 Å². The summed E-state index contributed by atoms with van der Waals surface area (Å²) in [4.78, 5) is 15.4. The first-order chi connectivity index (χ1) is 19.9. The number of hydrogen-bond acceptors (Lipinski definition) is 7. The van der Waals surface area contributed by atoms with E-state index < -0.39 is 22.7 Å². The molecular formula is C30H21F2N5O3S. The summed E-state index contributed by atoms with van der Waals surface area (Å²) in [5, 5.41) is 32.4. The second kappa shape index (κ2) is 11.0.